The minimum absolute atomic E-state index is 0.0485. The molecule has 3 fully saturated rings. The maximum atomic E-state index is 13.6. The first kappa shape index (κ1) is 39.8. The van der Waals surface area contributed by atoms with Gasteiger partial charge < -0.3 is 9.84 Å². The molecule has 0 aromatic heterocycles. The molecular weight excluding hydrogens is 584 g/mol. The molecule has 5 heteroatoms. The molecule has 0 amide bonds. The highest BCUT2D eigenvalue weighted by atomic mass is 16.5. The lowest BCUT2D eigenvalue weighted by molar-refractivity contribution is -0.149. The molecule has 4 rings (SSSR count). The Hall–Kier alpha value is -1.65. The van der Waals surface area contributed by atoms with Crippen LogP contribution in [0.15, 0.2) is 11.6 Å². The summed E-state index contributed by atoms with van der Waals surface area (Å²) in [4.78, 5) is 35.3. The van der Waals surface area contributed by atoms with Crippen molar-refractivity contribution >= 4 is 17.7 Å². The van der Waals surface area contributed by atoms with Gasteiger partial charge >= 0.3 is 11.9 Å². The Labute approximate surface area is 288 Å². The third-order valence-electron chi connectivity index (χ3n) is 13.2. The third kappa shape index (κ3) is 10.9. The Balaban J connectivity index is 0.000000339. The van der Waals surface area contributed by atoms with Crippen LogP contribution in [0.25, 0.3) is 0 Å². The van der Waals surface area contributed by atoms with E-state index in [9.17, 15) is 14.4 Å². The fourth-order valence-corrected chi connectivity index (χ4v) is 10.5. The molecule has 5 nitrogen and oxygen atoms in total. The molecule has 8 unspecified atom stereocenters. The zero-order valence-corrected chi connectivity index (χ0v) is 31.5. The quantitative estimate of drug-likeness (QED) is 0.124. The number of carboxylic acid groups (broad SMARTS) is 1. The smallest absolute Gasteiger partial charge is 0.303 e. The number of hydrogen-bond acceptors (Lipinski definition) is 4. The summed E-state index contributed by atoms with van der Waals surface area (Å²) < 4.78 is 5.54. The zero-order valence-electron chi connectivity index (χ0n) is 31.5. The number of carbonyl (C=O) groups excluding carboxylic acids is 2. The second-order valence-electron chi connectivity index (χ2n) is 17.1. The summed E-state index contributed by atoms with van der Waals surface area (Å²) in [6.07, 6.45) is 26.6. The Kier molecular flexibility index (Phi) is 16.0. The Bertz CT molecular complexity index is 1030. The van der Waals surface area contributed by atoms with E-state index in [1.165, 1.54) is 109 Å². The Morgan fingerprint density at radius 1 is 0.851 bits per heavy atom. The standard InChI is InChI=1S/C29H46O3.C13H26O2/c1-18(2)8-7-9-19(3)23-10-11-24-27-25(13-15-29(23,24)6)28(5)14-12-22(32-20(4)30)16-21(28)17-26(27)31;1-2-3-4-5-6-7-8-9-10-11-12-13(14)15/h17-19,22-25,27H,7-16H2,1-6H3;2-12H2,1H3,(H,14,15). The molecule has 0 spiro atoms. The van der Waals surface area contributed by atoms with E-state index in [-0.39, 0.29) is 23.4 Å². The summed E-state index contributed by atoms with van der Waals surface area (Å²) in [5, 5.41) is 8.44. The van der Waals surface area contributed by atoms with Crippen molar-refractivity contribution in [1.29, 1.82) is 0 Å². The van der Waals surface area contributed by atoms with Crippen LogP contribution in [-0.4, -0.2) is 28.9 Å². The first-order valence-corrected chi connectivity index (χ1v) is 20.0. The second kappa shape index (κ2) is 18.9. The number of rotatable bonds is 17. The van der Waals surface area contributed by atoms with Crippen LogP contribution in [0, 0.1) is 46.3 Å². The van der Waals surface area contributed by atoms with Gasteiger partial charge in [0.25, 0.3) is 0 Å². The third-order valence-corrected chi connectivity index (χ3v) is 13.2. The van der Waals surface area contributed by atoms with Crippen molar-refractivity contribution in [3.63, 3.8) is 0 Å². The van der Waals surface area contributed by atoms with Gasteiger partial charge in [-0.15, -0.1) is 0 Å². The summed E-state index contributed by atoms with van der Waals surface area (Å²) >= 11 is 0. The number of fused-ring (bicyclic) bond motifs is 5. The average Bonchev–Trinajstić information content (AvgIpc) is 3.36. The molecule has 0 heterocycles. The van der Waals surface area contributed by atoms with Crippen LogP contribution in [0.3, 0.4) is 0 Å². The molecule has 4 aliphatic carbocycles. The highest BCUT2D eigenvalue weighted by molar-refractivity contribution is 5.94. The van der Waals surface area contributed by atoms with Gasteiger partial charge in [-0.3, -0.25) is 14.4 Å². The SMILES string of the molecule is CC(=O)OC1CCC2(C)C(=CC(=O)C3C2CCC2(C)C(C(C)CCCC(C)C)CCC32)C1.CCCCCCCCCCCCC(=O)O. The van der Waals surface area contributed by atoms with Crippen molar-refractivity contribution in [2.75, 3.05) is 0 Å². The van der Waals surface area contributed by atoms with Gasteiger partial charge in [-0.25, -0.2) is 0 Å². The number of aliphatic carboxylic acids is 1. The van der Waals surface area contributed by atoms with E-state index < -0.39 is 5.97 Å². The summed E-state index contributed by atoms with van der Waals surface area (Å²) in [5.41, 5.74) is 1.70. The van der Waals surface area contributed by atoms with E-state index in [2.05, 4.69) is 41.5 Å². The fourth-order valence-electron chi connectivity index (χ4n) is 10.5. The molecule has 270 valence electrons. The predicted molar refractivity (Wildman–Crippen MR) is 193 cm³/mol. The van der Waals surface area contributed by atoms with Gasteiger partial charge in [0.2, 0.25) is 0 Å². The minimum atomic E-state index is -0.658. The lowest BCUT2D eigenvalue weighted by atomic mass is 9.46. The molecule has 0 aromatic rings. The Morgan fingerprint density at radius 2 is 1.49 bits per heavy atom. The highest BCUT2D eigenvalue weighted by Gasteiger charge is 2.61. The van der Waals surface area contributed by atoms with Crippen LogP contribution in [0.1, 0.15) is 183 Å². The average molecular weight is 657 g/mol. The number of ketones is 1. The lowest BCUT2D eigenvalue weighted by Crippen LogP contribution is -2.53. The molecule has 0 radical (unpaired) electrons. The number of esters is 1. The summed E-state index contributed by atoms with van der Waals surface area (Å²) in [5.74, 6) is 3.08. The summed E-state index contributed by atoms with van der Waals surface area (Å²) in [7, 11) is 0. The normalized spacial score (nSPS) is 32.0. The van der Waals surface area contributed by atoms with Crippen LogP contribution in [0.5, 0.6) is 0 Å². The zero-order chi connectivity index (χ0) is 34.6. The van der Waals surface area contributed by atoms with Gasteiger partial charge in [-0.2, -0.15) is 0 Å². The molecular formula is C42H72O5. The van der Waals surface area contributed by atoms with Gasteiger partial charge in [-0.1, -0.05) is 124 Å². The van der Waals surface area contributed by atoms with Gasteiger partial charge in [0, 0.05) is 25.7 Å². The monoisotopic (exact) mass is 657 g/mol. The first-order valence-electron chi connectivity index (χ1n) is 20.0. The number of carbonyl (C=O) groups is 3. The molecule has 0 bridgehead atoms. The number of unbranched alkanes of at least 4 members (excludes halogenated alkanes) is 9. The van der Waals surface area contributed by atoms with Crippen molar-refractivity contribution < 1.29 is 24.2 Å². The number of ether oxygens (including phenoxy) is 1. The molecule has 0 aliphatic heterocycles. The molecule has 0 saturated heterocycles. The van der Waals surface area contributed by atoms with Crippen LogP contribution in [0.4, 0.5) is 0 Å². The largest absolute Gasteiger partial charge is 0.481 e. The molecule has 1 N–H and O–H groups in total. The van der Waals surface area contributed by atoms with E-state index in [1.807, 2.05) is 6.08 Å². The van der Waals surface area contributed by atoms with E-state index in [4.69, 9.17) is 9.84 Å². The number of hydrogen-bond donors (Lipinski definition) is 1. The van der Waals surface area contributed by atoms with Crippen molar-refractivity contribution in [2.24, 2.45) is 46.3 Å². The summed E-state index contributed by atoms with van der Waals surface area (Å²) in [6.45, 7) is 15.8. The van der Waals surface area contributed by atoms with Crippen LogP contribution < -0.4 is 0 Å². The van der Waals surface area contributed by atoms with Gasteiger partial charge in [0.05, 0.1) is 0 Å². The predicted octanol–water partition coefficient (Wildman–Crippen LogP) is 11.5. The van der Waals surface area contributed by atoms with E-state index in [0.717, 1.165) is 49.9 Å². The van der Waals surface area contributed by atoms with E-state index >= 15 is 0 Å². The molecule has 47 heavy (non-hydrogen) atoms. The molecule has 8 atom stereocenters. The van der Waals surface area contributed by atoms with Crippen molar-refractivity contribution in [1.82, 2.24) is 0 Å². The molecule has 3 saturated carbocycles. The molecule has 0 aromatic carbocycles. The topological polar surface area (TPSA) is 80.7 Å². The van der Waals surface area contributed by atoms with Gasteiger partial charge in [-0.05, 0) is 91.4 Å². The van der Waals surface area contributed by atoms with Gasteiger partial charge in [0.15, 0.2) is 5.78 Å². The maximum absolute atomic E-state index is 13.6. The fraction of sp³-hybridized carbons (Fsp3) is 0.881. The Morgan fingerprint density at radius 3 is 2.09 bits per heavy atom. The van der Waals surface area contributed by atoms with Crippen molar-refractivity contribution in [2.45, 2.75) is 189 Å². The van der Waals surface area contributed by atoms with E-state index in [0.29, 0.717) is 29.5 Å². The second-order valence-corrected chi connectivity index (χ2v) is 17.1. The van der Waals surface area contributed by atoms with Crippen LogP contribution in [-0.2, 0) is 19.1 Å². The minimum Gasteiger partial charge on any atom is -0.481 e. The maximum Gasteiger partial charge on any atom is 0.303 e. The van der Waals surface area contributed by atoms with Crippen molar-refractivity contribution in [3.8, 4) is 0 Å². The lowest BCUT2D eigenvalue weighted by Gasteiger charge is -2.57. The van der Waals surface area contributed by atoms with Crippen LogP contribution in [0.2, 0.25) is 0 Å². The molecule has 4 aliphatic rings. The van der Waals surface area contributed by atoms with Crippen LogP contribution >= 0.6 is 0 Å². The number of carboxylic acids is 1. The van der Waals surface area contributed by atoms with Crippen molar-refractivity contribution in [3.05, 3.63) is 11.6 Å². The summed E-state index contributed by atoms with van der Waals surface area (Å²) in [6, 6.07) is 0. The number of allylic oxidation sites excluding steroid dienone is 1. The van der Waals surface area contributed by atoms with Gasteiger partial charge in [0.1, 0.15) is 6.10 Å². The van der Waals surface area contributed by atoms with E-state index in [1.54, 1.807) is 0 Å². The highest BCUT2D eigenvalue weighted by Crippen LogP contribution is 2.66. The first-order chi connectivity index (χ1) is 22.3.